The second kappa shape index (κ2) is 5.50. The van der Waals surface area contributed by atoms with Crippen LogP contribution in [0.5, 0.6) is 0 Å². The minimum atomic E-state index is -3.46. The average Bonchev–Trinajstić information content (AvgIpc) is 2.56. The highest BCUT2D eigenvalue weighted by Crippen LogP contribution is 2.37. The summed E-state index contributed by atoms with van der Waals surface area (Å²) in [6.45, 7) is 7.51. The average molecular weight is 341 g/mol. The highest BCUT2D eigenvalue weighted by atomic mass is 32.2. The molecular formula is C14H20BNO6S. The van der Waals surface area contributed by atoms with Gasteiger partial charge in [0.05, 0.1) is 16.1 Å². The number of hydrogen-bond donors (Lipinski definition) is 2. The monoisotopic (exact) mass is 341 g/mol. The maximum atomic E-state index is 11.7. The number of benzene rings is 1. The third kappa shape index (κ3) is 3.51. The molecule has 0 radical (unpaired) electrons. The van der Waals surface area contributed by atoms with E-state index in [9.17, 15) is 13.2 Å². The highest BCUT2D eigenvalue weighted by Gasteiger charge is 2.52. The number of nitrogens with one attached hydrogen (secondary N) is 1. The third-order valence-corrected chi connectivity index (χ3v) is 5.31. The first-order chi connectivity index (χ1) is 10.3. The molecular weight excluding hydrogens is 321 g/mol. The summed E-state index contributed by atoms with van der Waals surface area (Å²) >= 11 is 0. The van der Waals surface area contributed by atoms with Crippen molar-refractivity contribution in [3.05, 3.63) is 18.2 Å². The van der Waals surface area contributed by atoms with E-state index in [4.69, 9.17) is 14.4 Å². The van der Waals surface area contributed by atoms with Gasteiger partial charge in [-0.25, -0.2) is 13.2 Å². The van der Waals surface area contributed by atoms with E-state index in [0.29, 0.717) is 5.46 Å². The molecule has 0 spiro atoms. The Morgan fingerprint density at radius 1 is 1.17 bits per heavy atom. The molecule has 7 nitrogen and oxygen atoms in total. The molecule has 1 fully saturated rings. The van der Waals surface area contributed by atoms with Crippen molar-refractivity contribution in [2.45, 2.75) is 43.8 Å². The van der Waals surface area contributed by atoms with Crippen LogP contribution in [0.3, 0.4) is 0 Å². The van der Waals surface area contributed by atoms with Gasteiger partial charge < -0.3 is 14.4 Å². The molecule has 2 N–H and O–H groups in total. The molecule has 1 amide bonds. The lowest BCUT2D eigenvalue weighted by Crippen LogP contribution is -2.41. The molecule has 1 aliphatic rings. The van der Waals surface area contributed by atoms with Crippen molar-refractivity contribution >= 4 is 34.2 Å². The Balaban J connectivity index is 2.49. The van der Waals surface area contributed by atoms with Crippen LogP contribution in [-0.4, -0.2) is 44.2 Å². The van der Waals surface area contributed by atoms with Gasteiger partial charge in [0.2, 0.25) is 0 Å². The zero-order valence-corrected chi connectivity index (χ0v) is 14.5. The summed E-state index contributed by atoms with van der Waals surface area (Å²) in [6.07, 6.45) is -0.241. The van der Waals surface area contributed by atoms with Gasteiger partial charge in [0.25, 0.3) is 0 Å². The number of sulfone groups is 1. The van der Waals surface area contributed by atoms with Crippen LogP contribution in [0.25, 0.3) is 0 Å². The summed E-state index contributed by atoms with van der Waals surface area (Å²) in [7, 11) is -4.26. The summed E-state index contributed by atoms with van der Waals surface area (Å²) < 4.78 is 35.1. The van der Waals surface area contributed by atoms with E-state index >= 15 is 0 Å². The lowest BCUT2D eigenvalue weighted by molar-refractivity contribution is 0.00578. The van der Waals surface area contributed by atoms with E-state index in [2.05, 4.69) is 5.32 Å². The fraction of sp³-hybridized carbons (Fsp3) is 0.500. The van der Waals surface area contributed by atoms with Gasteiger partial charge in [0, 0.05) is 17.4 Å². The topological polar surface area (TPSA) is 102 Å². The summed E-state index contributed by atoms with van der Waals surface area (Å²) in [6, 6.07) is 4.18. The molecule has 23 heavy (non-hydrogen) atoms. The molecule has 0 atom stereocenters. The van der Waals surface area contributed by atoms with Crippen molar-refractivity contribution in [3.8, 4) is 0 Å². The van der Waals surface area contributed by atoms with E-state index in [-0.39, 0.29) is 10.6 Å². The third-order valence-electron chi connectivity index (χ3n) is 4.20. The van der Waals surface area contributed by atoms with E-state index in [1.807, 2.05) is 27.7 Å². The fourth-order valence-electron chi connectivity index (χ4n) is 2.17. The Kier molecular flexibility index (Phi) is 4.25. The lowest BCUT2D eigenvalue weighted by atomic mass is 9.78. The predicted octanol–water partition coefficient (Wildman–Crippen LogP) is 1.48. The van der Waals surface area contributed by atoms with Crippen LogP contribution in [0, 0.1) is 0 Å². The predicted molar refractivity (Wildman–Crippen MR) is 86.9 cm³/mol. The summed E-state index contributed by atoms with van der Waals surface area (Å²) in [5, 5.41) is 11.2. The Morgan fingerprint density at radius 3 is 2.13 bits per heavy atom. The summed E-state index contributed by atoms with van der Waals surface area (Å²) in [5.74, 6) is 0. The molecule has 0 aromatic heterocycles. The second-order valence-corrected chi connectivity index (χ2v) is 8.56. The smallest absolute Gasteiger partial charge is 0.465 e. The number of hydrogen-bond acceptors (Lipinski definition) is 5. The maximum absolute atomic E-state index is 11.7. The standard InChI is InChI=1S/C14H20BNO6S/c1-13(2)14(3,4)22-15(21-13)10-7-6-9(23(5,19)20)8-11(10)16-12(17)18/h6-8,16H,1-5H3,(H,17,18). The van der Waals surface area contributed by atoms with Crippen molar-refractivity contribution in [1.82, 2.24) is 0 Å². The van der Waals surface area contributed by atoms with Gasteiger partial charge in [-0.15, -0.1) is 0 Å². The van der Waals surface area contributed by atoms with Crippen LogP contribution >= 0.6 is 0 Å². The molecule has 0 aliphatic carbocycles. The fourth-order valence-corrected chi connectivity index (χ4v) is 2.81. The van der Waals surface area contributed by atoms with Crippen LogP contribution in [0.4, 0.5) is 10.5 Å². The van der Waals surface area contributed by atoms with Crippen molar-refractivity contribution < 1.29 is 27.6 Å². The van der Waals surface area contributed by atoms with Crippen LogP contribution in [0.2, 0.25) is 0 Å². The highest BCUT2D eigenvalue weighted by molar-refractivity contribution is 7.90. The normalized spacial score (nSPS) is 19.6. The Bertz CT molecular complexity index is 728. The number of amides is 1. The van der Waals surface area contributed by atoms with E-state index in [1.165, 1.54) is 18.2 Å². The maximum Gasteiger partial charge on any atom is 0.496 e. The van der Waals surface area contributed by atoms with Gasteiger partial charge in [-0.2, -0.15) is 0 Å². The molecule has 2 rings (SSSR count). The van der Waals surface area contributed by atoms with Crippen LogP contribution in [0.1, 0.15) is 27.7 Å². The number of carboxylic acid groups (broad SMARTS) is 1. The minimum Gasteiger partial charge on any atom is -0.465 e. The van der Waals surface area contributed by atoms with Gasteiger partial charge in [-0.3, -0.25) is 5.32 Å². The molecule has 126 valence electrons. The molecule has 1 aromatic rings. The lowest BCUT2D eigenvalue weighted by Gasteiger charge is -2.32. The number of anilines is 1. The SMILES string of the molecule is CC1(C)OB(c2ccc(S(C)(=O)=O)cc2NC(=O)O)OC1(C)C. The van der Waals surface area contributed by atoms with E-state index < -0.39 is 34.3 Å². The quantitative estimate of drug-likeness (QED) is 0.808. The minimum absolute atomic E-state index is 0.0153. The largest absolute Gasteiger partial charge is 0.496 e. The van der Waals surface area contributed by atoms with Gasteiger partial charge in [0.1, 0.15) is 0 Å². The van der Waals surface area contributed by atoms with Gasteiger partial charge in [-0.1, -0.05) is 6.07 Å². The summed E-state index contributed by atoms with van der Waals surface area (Å²) in [5.41, 5.74) is -0.626. The van der Waals surface area contributed by atoms with Gasteiger partial charge in [-0.05, 0) is 39.8 Å². The van der Waals surface area contributed by atoms with Gasteiger partial charge >= 0.3 is 13.2 Å². The van der Waals surface area contributed by atoms with Crippen molar-refractivity contribution in [1.29, 1.82) is 0 Å². The Labute approximate surface area is 136 Å². The molecule has 9 heteroatoms. The van der Waals surface area contributed by atoms with Crippen molar-refractivity contribution in [3.63, 3.8) is 0 Å². The molecule has 0 unspecified atom stereocenters. The first-order valence-electron chi connectivity index (χ1n) is 7.03. The second-order valence-electron chi connectivity index (χ2n) is 6.54. The molecule has 1 heterocycles. The summed E-state index contributed by atoms with van der Waals surface area (Å²) in [4.78, 5) is 11.0. The van der Waals surface area contributed by atoms with Crippen LogP contribution in [-0.2, 0) is 19.1 Å². The molecule has 0 bridgehead atoms. The van der Waals surface area contributed by atoms with Crippen molar-refractivity contribution in [2.24, 2.45) is 0 Å². The molecule has 1 aliphatic heterocycles. The molecule has 1 saturated heterocycles. The molecule has 0 saturated carbocycles. The van der Waals surface area contributed by atoms with Crippen LogP contribution < -0.4 is 10.8 Å². The first-order valence-corrected chi connectivity index (χ1v) is 8.92. The Hall–Kier alpha value is -1.58. The first kappa shape index (κ1) is 17.8. The van der Waals surface area contributed by atoms with Crippen LogP contribution in [0.15, 0.2) is 23.1 Å². The number of rotatable bonds is 3. The van der Waals surface area contributed by atoms with E-state index in [1.54, 1.807) is 0 Å². The van der Waals surface area contributed by atoms with Crippen molar-refractivity contribution in [2.75, 3.05) is 11.6 Å². The number of carbonyl (C=O) groups is 1. The zero-order valence-electron chi connectivity index (χ0n) is 13.7. The van der Waals surface area contributed by atoms with Gasteiger partial charge in [0.15, 0.2) is 9.84 Å². The molecule has 1 aromatic carbocycles. The Morgan fingerprint density at radius 2 is 1.70 bits per heavy atom. The van der Waals surface area contributed by atoms with E-state index in [0.717, 1.165) is 6.26 Å². The zero-order chi connectivity index (χ0) is 17.6.